The lowest BCUT2D eigenvalue weighted by Crippen LogP contribution is -2.08. The molecule has 0 atom stereocenters. The predicted molar refractivity (Wildman–Crippen MR) is 124 cm³/mol. The lowest BCUT2D eigenvalue weighted by atomic mass is 10.1. The van der Waals surface area contributed by atoms with Crippen molar-refractivity contribution in [3.63, 3.8) is 0 Å². The number of thiazole rings is 1. The number of benzene rings is 2. The van der Waals surface area contributed by atoms with Crippen molar-refractivity contribution in [2.45, 2.75) is 26.9 Å². The summed E-state index contributed by atoms with van der Waals surface area (Å²) < 4.78 is 11.5. The fourth-order valence-electron chi connectivity index (χ4n) is 2.74. The highest BCUT2D eigenvalue weighted by Crippen LogP contribution is 2.38. The number of rotatable bonds is 7. The third-order valence-electron chi connectivity index (χ3n) is 3.99. The van der Waals surface area contributed by atoms with Gasteiger partial charge in [-0.3, -0.25) is 0 Å². The van der Waals surface area contributed by atoms with Crippen LogP contribution in [0.3, 0.4) is 0 Å². The van der Waals surface area contributed by atoms with Crippen LogP contribution in [-0.4, -0.2) is 17.7 Å². The van der Waals surface area contributed by atoms with Crippen molar-refractivity contribution in [3.05, 3.63) is 62.4 Å². The van der Waals surface area contributed by atoms with Gasteiger partial charge in [-0.25, -0.2) is 4.98 Å². The minimum atomic E-state index is -0.0422. The first-order chi connectivity index (χ1) is 14.4. The molecule has 0 unspecified atom stereocenters. The second kappa shape index (κ2) is 9.99. The summed E-state index contributed by atoms with van der Waals surface area (Å²) >= 11 is 13.8. The molecule has 3 aromatic rings. The normalized spacial score (nSPS) is 11.4. The van der Waals surface area contributed by atoms with Crippen molar-refractivity contribution >= 4 is 46.2 Å². The van der Waals surface area contributed by atoms with Crippen molar-refractivity contribution < 1.29 is 9.47 Å². The van der Waals surface area contributed by atoms with Crippen molar-refractivity contribution in [1.82, 2.24) is 4.98 Å². The zero-order valence-corrected chi connectivity index (χ0v) is 19.1. The Bertz CT molecular complexity index is 1100. The SMILES string of the molecule is CCOc1cc(/C=C(/C#N)c2nc(-c3ccc(Cl)cc3)cs2)cc(Cl)c1OC(C)C. The number of nitrogens with zero attached hydrogens (tertiary/aromatic N) is 2. The summed E-state index contributed by atoms with van der Waals surface area (Å²) in [6.45, 7) is 6.22. The van der Waals surface area contributed by atoms with Crippen molar-refractivity contribution in [1.29, 1.82) is 5.26 Å². The van der Waals surface area contributed by atoms with E-state index in [9.17, 15) is 5.26 Å². The Kier molecular flexibility index (Phi) is 7.38. The maximum atomic E-state index is 9.71. The third kappa shape index (κ3) is 5.34. The molecular weight excluding hydrogens is 439 g/mol. The average molecular weight is 459 g/mol. The van der Waals surface area contributed by atoms with E-state index in [2.05, 4.69) is 11.1 Å². The first-order valence-corrected chi connectivity index (χ1v) is 11.0. The summed E-state index contributed by atoms with van der Waals surface area (Å²) in [5.74, 6) is 1.05. The van der Waals surface area contributed by atoms with Crippen LogP contribution in [0.4, 0.5) is 0 Å². The topological polar surface area (TPSA) is 55.1 Å². The fourth-order valence-corrected chi connectivity index (χ4v) is 3.93. The van der Waals surface area contributed by atoms with Gasteiger partial charge in [0.05, 0.1) is 29.0 Å². The van der Waals surface area contributed by atoms with Crippen LogP contribution in [0.1, 0.15) is 31.3 Å². The molecule has 0 radical (unpaired) electrons. The number of hydrogen-bond acceptors (Lipinski definition) is 5. The van der Waals surface area contributed by atoms with E-state index in [0.717, 1.165) is 16.8 Å². The third-order valence-corrected chi connectivity index (χ3v) is 5.40. The molecule has 0 aliphatic carbocycles. The molecule has 0 fully saturated rings. The number of hydrogen-bond donors (Lipinski definition) is 0. The van der Waals surface area contributed by atoms with Crippen LogP contribution in [-0.2, 0) is 0 Å². The van der Waals surface area contributed by atoms with Gasteiger partial charge in [-0.2, -0.15) is 5.26 Å². The minimum Gasteiger partial charge on any atom is -0.490 e. The molecule has 0 aliphatic heterocycles. The van der Waals surface area contributed by atoms with Gasteiger partial charge in [0.15, 0.2) is 11.5 Å². The van der Waals surface area contributed by atoms with Crippen LogP contribution < -0.4 is 9.47 Å². The molecule has 0 spiro atoms. The van der Waals surface area contributed by atoms with Crippen molar-refractivity contribution in [2.24, 2.45) is 0 Å². The zero-order chi connectivity index (χ0) is 21.7. The van der Waals surface area contributed by atoms with E-state index in [0.29, 0.717) is 38.7 Å². The molecule has 0 saturated heterocycles. The number of halogens is 2. The Balaban J connectivity index is 1.96. The Morgan fingerprint density at radius 2 is 1.97 bits per heavy atom. The van der Waals surface area contributed by atoms with Gasteiger partial charge in [0.25, 0.3) is 0 Å². The van der Waals surface area contributed by atoms with Crippen molar-refractivity contribution in [3.8, 4) is 28.8 Å². The first-order valence-electron chi connectivity index (χ1n) is 9.38. The van der Waals surface area contributed by atoms with E-state index in [1.54, 1.807) is 12.1 Å². The summed E-state index contributed by atoms with van der Waals surface area (Å²) in [4.78, 5) is 4.61. The molecule has 0 saturated carbocycles. The number of nitriles is 1. The van der Waals surface area contributed by atoms with Crippen LogP contribution in [0.25, 0.3) is 22.9 Å². The molecule has 3 rings (SSSR count). The quantitative estimate of drug-likeness (QED) is 0.346. The molecule has 1 aromatic heterocycles. The molecule has 0 bridgehead atoms. The molecule has 0 aliphatic rings. The summed E-state index contributed by atoms with van der Waals surface area (Å²) in [6.07, 6.45) is 1.71. The van der Waals surface area contributed by atoms with Crippen LogP contribution >= 0.6 is 34.5 Å². The first kappa shape index (κ1) is 22.2. The van der Waals surface area contributed by atoms with Crippen LogP contribution in [0.2, 0.25) is 10.0 Å². The lowest BCUT2D eigenvalue weighted by molar-refractivity contribution is 0.224. The minimum absolute atomic E-state index is 0.0422. The van der Waals surface area contributed by atoms with Gasteiger partial charge in [-0.1, -0.05) is 35.3 Å². The molecule has 1 heterocycles. The highest BCUT2D eigenvalue weighted by Gasteiger charge is 2.15. The summed E-state index contributed by atoms with van der Waals surface area (Å²) in [6, 6.07) is 13.2. The van der Waals surface area contributed by atoms with E-state index in [1.165, 1.54) is 11.3 Å². The number of ether oxygens (including phenoxy) is 2. The van der Waals surface area contributed by atoms with Gasteiger partial charge in [-0.15, -0.1) is 11.3 Å². The van der Waals surface area contributed by atoms with Crippen LogP contribution in [0.15, 0.2) is 41.8 Å². The second-order valence-corrected chi connectivity index (χ2v) is 8.35. The molecular formula is C23H20Cl2N2O2S. The molecule has 154 valence electrons. The molecule has 30 heavy (non-hydrogen) atoms. The summed E-state index contributed by atoms with van der Waals surface area (Å²) in [7, 11) is 0. The lowest BCUT2D eigenvalue weighted by Gasteiger charge is -2.16. The monoisotopic (exact) mass is 458 g/mol. The van der Waals surface area contributed by atoms with Gasteiger partial charge < -0.3 is 9.47 Å². The van der Waals surface area contributed by atoms with E-state index in [4.69, 9.17) is 32.7 Å². The second-order valence-electron chi connectivity index (χ2n) is 6.64. The Labute approximate surface area is 190 Å². The highest BCUT2D eigenvalue weighted by atomic mass is 35.5. The smallest absolute Gasteiger partial charge is 0.180 e. The number of aromatic nitrogens is 1. The predicted octanol–water partition coefficient (Wildman–Crippen LogP) is 7.37. The van der Waals surface area contributed by atoms with Gasteiger partial charge in [-0.05, 0) is 56.7 Å². The van der Waals surface area contributed by atoms with E-state index >= 15 is 0 Å². The standard InChI is InChI=1S/C23H20Cl2N2O2S/c1-4-28-21-11-15(10-19(25)22(21)29-14(2)3)9-17(12-26)23-27-20(13-30-23)16-5-7-18(24)8-6-16/h5-11,13-14H,4H2,1-3H3/b17-9-. The molecule has 4 nitrogen and oxygen atoms in total. The maximum absolute atomic E-state index is 9.71. The van der Waals surface area contributed by atoms with Gasteiger partial charge in [0.1, 0.15) is 11.1 Å². The van der Waals surface area contributed by atoms with Gasteiger partial charge in [0.2, 0.25) is 0 Å². The number of allylic oxidation sites excluding steroid dienone is 1. The highest BCUT2D eigenvalue weighted by molar-refractivity contribution is 7.11. The van der Waals surface area contributed by atoms with E-state index in [-0.39, 0.29) is 6.10 Å². The molecule has 0 N–H and O–H groups in total. The average Bonchev–Trinajstić information content (AvgIpc) is 3.19. The molecule has 2 aromatic carbocycles. The molecule has 7 heteroatoms. The zero-order valence-electron chi connectivity index (χ0n) is 16.8. The summed E-state index contributed by atoms with van der Waals surface area (Å²) in [5, 5.41) is 13.4. The Morgan fingerprint density at radius 3 is 2.60 bits per heavy atom. The van der Waals surface area contributed by atoms with Crippen LogP contribution in [0, 0.1) is 11.3 Å². The fraction of sp³-hybridized carbons (Fsp3) is 0.217. The largest absolute Gasteiger partial charge is 0.490 e. The van der Waals surface area contributed by atoms with Crippen molar-refractivity contribution in [2.75, 3.05) is 6.61 Å². The summed E-state index contributed by atoms with van der Waals surface area (Å²) in [5.41, 5.74) is 2.91. The Hall–Kier alpha value is -2.52. The molecule has 0 amide bonds. The van der Waals surface area contributed by atoms with Crippen LogP contribution in [0.5, 0.6) is 11.5 Å². The van der Waals surface area contributed by atoms with Gasteiger partial charge >= 0.3 is 0 Å². The Morgan fingerprint density at radius 1 is 1.23 bits per heavy atom. The van der Waals surface area contributed by atoms with E-state index < -0.39 is 0 Å². The van der Waals surface area contributed by atoms with Gasteiger partial charge in [0, 0.05) is 16.0 Å². The maximum Gasteiger partial charge on any atom is 0.180 e. The van der Waals surface area contributed by atoms with E-state index in [1.807, 2.05) is 56.5 Å².